The molecule has 1 heterocycles. The van der Waals surface area contributed by atoms with Crippen LogP contribution in [0, 0.1) is 5.82 Å². The minimum absolute atomic E-state index is 0.00103. The van der Waals surface area contributed by atoms with E-state index in [0.717, 1.165) is 32.2 Å². The Balaban J connectivity index is 1.83. The van der Waals surface area contributed by atoms with Crippen LogP contribution in [0.1, 0.15) is 31.2 Å². The van der Waals surface area contributed by atoms with Gasteiger partial charge in [-0.05, 0) is 57.5 Å². The minimum Gasteiger partial charge on any atom is -0.365 e. The van der Waals surface area contributed by atoms with Gasteiger partial charge in [-0.3, -0.25) is 15.5 Å². The molecule has 1 atom stereocenters. The smallest absolute Gasteiger partial charge is 0.161 e. The summed E-state index contributed by atoms with van der Waals surface area (Å²) in [4.78, 5) is 2.26. The Morgan fingerprint density at radius 2 is 1.76 bits per heavy atom. The van der Waals surface area contributed by atoms with E-state index in [0.29, 0.717) is 0 Å². The Morgan fingerprint density at radius 3 is 2.24 bits per heavy atom. The zero-order valence-corrected chi connectivity index (χ0v) is 12.7. The SMILES string of the molecule is CN(C)[C@]1(c2ccc(F)cc2)CC[C@]2(CC1)CNC(O)N2. The van der Waals surface area contributed by atoms with Crippen LogP contribution in [0.2, 0.25) is 0 Å². The van der Waals surface area contributed by atoms with Crippen LogP contribution in [0.4, 0.5) is 4.39 Å². The lowest BCUT2D eigenvalue weighted by Gasteiger charge is -2.49. The Hall–Kier alpha value is -1.01. The molecule has 1 saturated heterocycles. The second-order valence-electron chi connectivity index (χ2n) is 6.64. The molecule has 4 nitrogen and oxygen atoms in total. The fourth-order valence-corrected chi connectivity index (χ4v) is 3.90. The monoisotopic (exact) mass is 293 g/mol. The van der Waals surface area contributed by atoms with Crippen LogP contribution in [0.3, 0.4) is 0 Å². The molecule has 2 fully saturated rings. The maximum atomic E-state index is 13.2. The maximum absolute atomic E-state index is 13.2. The third-order valence-corrected chi connectivity index (χ3v) is 5.35. The van der Waals surface area contributed by atoms with Gasteiger partial charge in [0.2, 0.25) is 0 Å². The number of aliphatic hydroxyl groups excluding tert-OH is 1. The normalized spacial score (nSPS) is 36.5. The highest BCUT2D eigenvalue weighted by molar-refractivity contribution is 5.27. The molecule has 3 N–H and O–H groups in total. The Morgan fingerprint density at radius 1 is 1.14 bits per heavy atom. The predicted molar refractivity (Wildman–Crippen MR) is 80.1 cm³/mol. The van der Waals surface area contributed by atoms with Crippen molar-refractivity contribution in [2.24, 2.45) is 0 Å². The summed E-state index contributed by atoms with van der Waals surface area (Å²) in [6.07, 6.45) is 3.38. The molecule has 1 spiro atoms. The number of aliphatic hydroxyl groups is 1. The molecule has 21 heavy (non-hydrogen) atoms. The fraction of sp³-hybridized carbons (Fsp3) is 0.625. The van der Waals surface area contributed by atoms with E-state index in [-0.39, 0.29) is 16.9 Å². The number of nitrogens with one attached hydrogen (secondary N) is 2. The topological polar surface area (TPSA) is 47.5 Å². The molecule has 1 saturated carbocycles. The summed E-state index contributed by atoms with van der Waals surface area (Å²) < 4.78 is 13.2. The molecule has 0 aromatic heterocycles. The first-order valence-corrected chi connectivity index (χ1v) is 7.59. The summed E-state index contributed by atoms with van der Waals surface area (Å²) >= 11 is 0. The Kier molecular flexibility index (Phi) is 3.78. The molecule has 0 radical (unpaired) electrons. The van der Waals surface area contributed by atoms with Gasteiger partial charge in [0.15, 0.2) is 6.35 Å². The van der Waals surface area contributed by atoms with Crippen LogP contribution in [0.25, 0.3) is 0 Å². The van der Waals surface area contributed by atoms with E-state index in [1.165, 1.54) is 5.56 Å². The van der Waals surface area contributed by atoms with E-state index in [4.69, 9.17) is 0 Å². The van der Waals surface area contributed by atoms with Gasteiger partial charge in [0.1, 0.15) is 5.82 Å². The van der Waals surface area contributed by atoms with Crippen molar-refractivity contribution in [1.82, 2.24) is 15.5 Å². The maximum Gasteiger partial charge on any atom is 0.161 e. The van der Waals surface area contributed by atoms with Crippen molar-refractivity contribution in [3.8, 4) is 0 Å². The van der Waals surface area contributed by atoms with Crippen molar-refractivity contribution in [3.05, 3.63) is 35.6 Å². The van der Waals surface area contributed by atoms with Crippen LogP contribution in [0.5, 0.6) is 0 Å². The van der Waals surface area contributed by atoms with E-state index in [9.17, 15) is 9.50 Å². The molecule has 1 unspecified atom stereocenters. The minimum atomic E-state index is -0.595. The number of nitrogens with zero attached hydrogens (tertiary/aromatic N) is 1. The van der Waals surface area contributed by atoms with Crippen LogP contribution in [-0.2, 0) is 5.54 Å². The Labute approximate surface area is 125 Å². The van der Waals surface area contributed by atoms with Crippen molar-refractivity contribution < 1.29 is 9.50 Å². The van der Waals surface area contributed by atoms with Gasteiger partial charge in [-0.1, -0.05) is 12.1 Å². The summed E-state index contributed by atoms with van der Waals surface area (Å²) in [5, 5.41) is 16.0. The number of hydrogen-bond donors (Lipinski definition) is 3. The molecule has 3 rings (SSSR count). The zero-order valence-electron chi connectivity index (χ0n) is 12.7. The second kappa shape index (κ2) is 5.32. The summed E-state index contributed by atoms with van der Waals surface area (Å²) in [7, 11) is 4.19. The quantitative estimate of drug-likeness (QED) is 0.771. The van der Waals surface area contributed by atoms with Gasteiger partial charge in [-0.2, -0.15) is 0 Å². The molecule has 2 aliphatic rings. The summed E-state index contributed by atoms with van der Waals surface area (Å²) in [6, 6.07) is 6.90. The van der Waals surface area contributed by atoms with E-state index in [2.05, 4.69) is 29.6 Å². The van der Waals surface area contributed by atoms with E-state index >= 15 is 0 Å². The molecule has 1 aliphatic heterocycles. The first kappa shape index (κ1) is 14.9. The molecule has 116 valence electrons. The van der Waals surface area contributed by atoms with Gasteiger partial charge < -0.3 is 5.11 Å². The average molecular weight is 293 g/mol. The predicted octanol–water partition coefficient (Wildman–Crippen LogP) is 1.36. The van der Waals surface area contributed by atoms with E-state index < -0.39 is 6.35 Å². The molecular weight excluding hydrogens is 269 g/mol. The van der Waals surface area contributed by atoms with Gasteiger partial charge in [0.05, 0.1) is 0 Å². The molecule has 0 amide bonds. The Bertz CT molecular complexity index is 495. The van der Waals surface area contributed by atoms with Crippen molar-refractivity contribution >= 4 is 0 Å². The van der Waals surface area contributed by atoms with E-state index in [1.807, 2.05) is 12.1 Å². The highest BCUT2D eigenvalue weighted by Gasteiger charge is 2.47. The van der Waals surface area contributed by atoms with Crippen molar-refractivity contribution in [2.45, 2.75) is 43.1 Å². The van der Waals surface area contributed by atoms with Crippen molar-refractivity contribution in [1.29, 1.82) is 0 Å². The van der Waals surface area contributed by atoms with Gasteiger partial charge in [-0.25, -0.2) is 4.39 Å². The van der Waals surface area contributed by atoms with Crippen LogP contribution < -0.4 is 10.6 Å². The van der Waals surface area contributed by atoms with Gasteiger partial charge in [-0.15, -0.1) is 0 Å². The second-order valence-corrected chi connectivity index (χ2v) is 6.64. The lowest BCUT2D eigenvalue weighted by Crippen LogP contribution is -2.54. The van der Waals surface area contributed by atoms with E-state index in [1.54, 1.807) is 12.1 Å². The largest absolute Gasteiger partial charge is 0.365 e. The van der Waals surface area contributed by atoms with Crippen LogP contribution in [-0.4, -0.2) is 42.5 Å². The highest BCUT2D eigenvalue weighted by atomic mass is 19.1. The summed E-state index contributed by atoms with van der Waals surface area (Å²) in [5.74, 6) is -0.190. The third-order valence-electron chi connectivity index (χ3n) is 5.35. The van der Waals surface area contributed by atoms with Gasteiger partial charge >= 0.3 is 0 Å². The molecule has 0 bridgehead atoms. The lowest BCUT2D eigenvalue weighted by molar-refractivity contribution is 0.0503. The molecule has 1 aliphatic carbocycles. The van der Waals surface area contributed by atoms with Crippen molar-refractivity contribution in [3.63, 3.8) is 0 Å². The number of rotatable bonds is 2. The highest BCUT2D eigenvalue weighted by Crippen LogP contribution is 2.45. The standard InChI is InChI=1S/C16H24FN3O/c1-20(2)16(12-3-5-13(17)6-4-12)9-7-15(8-10-16)11-18-14(21)19-15/h3-6,14,18-19,21H,7-11H2,1-2H3/t14?,15-,16+. The number of hydrogen-bond acceptors (Lipinski definition) is 4. The van der Waals surface area contributed by atoms with Gasteiger partial charge in [0, 0.05) is 17.6 Å². The fourth-order valence-electron chi connectivity index (χ4n) is 3.90. The van der Waals surface area contributed by atoms with Gasteiger partial charge in [0.25, 0.3) is 0 Å². The molecule has 1 aromatic rings. The van der Waals surface area contributed by atoms with Crippen LogP contribution in [0.15, 0.2) is 24.3 Å². The van der Waals surface area contributed by atoms with Crippen LogP contribution >= 0.6 is 0 Å². The zero-order chi connectivity index (χ0) is 15.1. The molecule has 1 aromatic carbocycles. The first-order valence-electron chi connectivity index (χ1n) is 7.59. The van der Waals surface area contributed by atoms with Crippen molar-refractivity contribution in [2.75, 3.05) is 20.6 Å². The summed E-state index contributed by atoms with van der Waals surface area (Å²) in [6.45, 7) is 0.807. The average Bonchev–Trinajstić information content (AvgIpc) is 2.82. The lowest BCUT2D eigenvalue weighted by atomic mass is 9.69. The third kappa shape index (κ3) is 2.59. The summed E-state index contributed by atoms with van der Waals surface area (Å²) in [5.41, 5.74) is 1.13. The first-order chi connectivity index (χ1) is 9.96. The number of benzene rings is 1. The molecule has 5 heteroatoms. The number of halogens is 1. The molecular formula is C16H24FN3O.